The Kier molecular flexibility index (Phi) is 4.68. The van der Waals surface area contributed by atoms with Gasteiger partial charge in [-0.15, -0.1) is 0 Å². The van der Waals surface area contributed by atoms with Crippen molar-refractivity contribution in [1.82, 2.24) is 4.98 Å². The van der Waals surface area contributed by atoms with E-state index in [1.54, 1.807) is 6.92 Å². The second-order valence-corrected chi connectivity index (χ2v) is 5.37. The molecule has 2 aromatic rings. The van der Waals surface area contributed by atoms with Crippen LogP contribution in [0.25, 0.3) is 10.2 Å². The average Bonchev–Trinajstić information content (AvgIpc) is 2.78. The number of nitrogens with one attached hydrogen (secondary N) is 1. The van der Waals surface area contributed by atoms with E-state index in [-0.39, 0.29) is 24.7 Å². The number of ether oxygens (including phenoxy) is 1. The van der Waals surface area contributed by atoms with Gasteiger partial charge >= 0.3 is 5.97 Å². The van der Waals surface area contributed by atoms with E-state index < -0.39 is 0 Å². The first-order chi connectivity index (χ1) is 9.58. The van der Waals surface area contributed by atoms with Gasteiger partial charge in [-0.05, 0) is 31.5 Å². The number of thiazole rings is 1. The highest BCUT2D eigenvalue weighted by atomic mass is 32.1. The molecule has 2 rings (SSSR count). The molecule has 1 aromatic heterocycles. The van der Waals surface area contributed by atoms with Gasteiger partial charge in [0.2, 0.25) is 5.91 Å². The van der Waals surface area contributed by atoms with Crippen molar-refractivity contribution in [2.45, 2.75) is 26.7 Å². The number of hydrogen-bond acceptors (Lipinski definition) is 5. The fraction of sp³-hybridized carbons (Fsp3) is 0.357. The number of esters is 1. The zero-order valence-electron chi connectivity index (χ0n) is 11.4. The van der Waals surface area contributed by atoms with Gasteiger partial charge in [0.25, 0.3) is 0 Å². The zero-order chi connectivity index (χ0) is 14.5. The summed E-state index contributed by atoms with van der Waals surface area (Å²) < 4.78 is 5.80. The van der Waals surface area contributed by atoms with E-state index in [0.29, 0.717) is 11.7 Å². The Hall–Kier alpha value is -1.95. The van der Waals surface area contributed by atoms with Crippen molar-refractivity contribution in [3.05, 3.63) is 23.8 Å². The van der Waals surface area contributed by atoms with Crippen molar-refractivity contribution in [2.75, 3.05) is 11.9 Å². The van der Waals surface area contributed by atoms with Gasteiger partial charge < -0.3 is 10.1 Å². The Morgan fingerprint density at radius 1 is 1.35 bits per heavy atom. The molecule has 0 fully saturated rings. The van der Waals surface area contributed by atoms with Crippen molar-refractivity contribution >= 4 is 38.6 Å². The van der Waals surface area contributed by atoms with Crippen LogP contribution in [-0.4, -0.2) is 23.5 Å². The van der Waals surface area contributed by atoms with Crippen LogP contribution < -0.4 is 5.32 Å². The highest BCUT2D eigenvalue weighted by molar-refractivity contribution is 7.22. The molecule has 1 heterocycles. The molecular formula is C14H16N2O3S. The van der Waals surface area contributed by atoms with E-state index in [9.17, 15) is 9.59 Å². The molecule has 0 saturated carbocycles. The molecule has 6 heteroatoms. The third-order valence-corrected chi connectivity index (χ3v) is 3.59. The summed E-state index contributed by atoms with van der Waals surface area (Å²) in [6.07, 6.45) is 0.192. The summed E-state index contributed by atoms with van der Waals surface area (Å²) in [7, 11) is 0. The minimum absolute atomic E-state index is 0.0870. The summed E-state index contributed by atoms with van der Waals surface area (Å²) in [5, 5.41) is 3.26. The first kappa shape index (κ1) is 14.5. The topological polar surface area (TPSA) is 68.3 Å². The lowest BCUT2D eigenvalue weighted by Gasteiger charge is -2.01. The number of nitrogens with zero attached hydrogens (tertiary/aromatic N) is 1. The maximum Gasteiger partial charge on any atom is 0.306 e. The van der Waals surface area contributed by atoms with Gasteiger partial charge in [0.05, 0.1) is 23.2 Å². The van der Waals surface area contributed by atoms with E-state index in [0.717, 1.165) is 15.8 Å². The third kappa shape index (κ3) is 3.77. The maximum absolute atomic E-state index is 11.7. The summed E-state index contributed by atoms with van der Waals surface area (Å²) in [6, 6.07) is 5.94. The molecule has 1 aromatic carbocycles. The van der Waals surface area contributed by atoms with Gasteiger partial charge in [-0.25, -0.2) is 4.98 Å². The SMILES string of the molecule is CCOC(=O)CCC(=O)Nc1nc2ccc(C)cc2s1. The number of fused-ring (bicyclic) bond motifs is 1. The first-order valence-electron chi connectivity index (χ1n) is 6.41. The molecule has 0 spiro atoms. The van der Waals surface area contributed by atoms with Gasteiger partial charge in [0.1, 0.15) is 0 Å². The van der Waals surface area contributed by atoms with Crippen molar-refractivity contribution in [1.29, 1.82) is 0 Å². The number of carbonyl (C=O) groups is 2. The van der Waals surface area contributed by atoms with Crippen LogP contribution in [0.1, 0.15) is 25.3 Å². The standard InChI is InChI=1S/C14H16N2O3S/c1-3-19-13(18)7-6-12(17)16-14-15-10-5-4-9(2)8-11(10)20-14/h4-5,8H,3,6-7H2,1-2H3,(H,15,16,17). The van der Waals surface area contributed by atoms with E-state index in [1.807, 2.05) is 25.1 Å². The molecule has 0 radical (unpaired) electrons. The van der Waals surface area contributed by atoms with Crippen molar-refractivity contribution in [3.8, 4) is 0 Å². The molecule has 106 valence electrons. The Morgan fingerprint density at radius 2 is 2.15 bits per heavy atom. The van der Waals surface area contributed by atoms with Crippen LogP contribution in [-0.2, 0) is 14.3 Å². The van der Waals surface area contributed by atoms with Gasteiger partial charge in [-0.1, -0.05) is 17.4 Å². The number of carbonyl (C=O) groups excluding carboxylic acids is 2. The van der Waals surface area contributed by atoms with Crippen LogP contribution in [0.3, 0.4) is 0 Å². The third-order valence-electron chi connectivity index (χ3n) is 2.65. The normalized spacial score (nSPS) is 10.5. The summed E-state index contributed by atoms with van der Waals surface area (Å²) in [6.45, 7) is 4.08. The zero-order valence-corrected chi connectivity index (χ0v) is 12.3. The summed E-state index contributed by atoms with van der Waals surface area (Å²) in [4.78, 5) is 27.2. The second kappa shape index (κ2) is 6.47. The van der Waals surface area contributed by atoms with Gasteiger partial charge in [0.15, 0.2) is 5.13 Å². The van der Waals surface area contributed by atoms with Crippen molar-refractivity contribution < 1.29 is 14.3 Å². The number of anilines is 1. The molecule has 0 bridgehead atoms. The van der Waals surface area contributed by atoms with Crippen LogP contribution in [0.2, 0.25) is 0 Å². The minimum Gasteiger partial charge on any atom is -0.466 e. The number of amides is 1. The Labute approximate surface area is 121 Å². The molecule has 0 unspecified atom stereocenters. The molecule has 0 aliphatic heterocycles. The molecule has 20 heavy (non-hydrogen) atoms. The minimum atomic E-state index is -0.359. The average molecular weight is 292 g/mol. The van der Waals surface area contributed by atoms with Gasteiger partial charge in [-0.3, -0.25) is 9.59 Å². The van der Waals surface area contributed by atoms with Gasteiger partial charge in [0, 0.05) is 6.42 Å². The molecule has 1 amide bonds. The lowest BCUT2D eigenvalue weighted by molar-refractivity contribution is -0.144. The molecule has 1 N–H and O–H groups in total. The lowest BCUT2D eigenvalue weighted by Crippen LogP contribution is -2.14. The van der Waals surface area contributed by atoms with Crippen LogP contribution in [0.15, 0.2) is 18.2 Å². The predicted octanol–water partition coefficient (Wildman–Crippen LogP) is 2.89. The Bertz CT molecular complexity index is 636. The summed E-state index contributed by atoms with van der Waals surface area (Å²) in [5.74, 6) is -0.587. The van der Waals surface area contributed by atoms with Crippen molar-refractivity contribution in [3.63, 3.8) is 0 Å². The number of rotatable bonds is 5. The van der Waals surface area contributed by atoms with Crippen molar-refractivity contribution in [2.24, 2.45) is 0 Å². The number of hydrogen-bond donors (Lipinski definition) is 1. The highest BCUT2D eigenvalue weighted by Crippen LogP contribution is 2.26. The van der Waals surface area contributed by atoms with E-state index in [4.69, 9.17) is 4.74 Å². The number of benzene rings is 1. The molecule has 0 saturated heterocycles. The molecule has 0 atom stereocenters. The second-order valence-electron chi connectivity index (χ2n) is 4.34. The number of aryl methyl sites for hydroxylation is 1. The highest BCUT2D eigenvalue weighted by Gasteiger charge is 2.10. The molecular weight excluding hydrogens is 276 g/mol. The monoisotopic (exact) mass is 292 g/mol. The molecule has 5 nitrogen and oxygen atoms in total. The van der Waals surface area contributed by atoms with Crippen LogP contribution in [0, 0.1) is 6.92 Å². The summed E-state index contributed by atoms with van der Waals surface area (Å²) in [5.41, 5.74) is 2.02. The Morgan fingerprint density at radius 3 is 2.90 bits per heavy atom. The van der Waals surface area contributed by atoms with Crippen LogP contribution in [0.4, 0.5) is 5.13 Å². The van der Waals surface area contributed by atoms with E-state index in [1.165, 1.54) is 11.3 Å². The lowest BCUT2D eigenvalue weighted by atomic mass is 10.2. The van der Waals surface area contributed by atoms with Crippen LogP contribution >= 0.6 is 11.3 Å². The molecule has 0 aliphatic carbocycles. The smallest absolute Gasteiger partial charge is 0.306 e. The van der Waals surface area contributed by atoms with E-state index >= 15 is 0 Å². The van der Waals surface area contributed by atoms with E-state index in [2.05, 4.69) is 10.3 Å². The van der Waals surface area contributed by atoms with Crippen LogP contribution in [0.5, 0.6) is 0 Å². The molecule has 0 aliphatic rings. The quantitative estimate of drug-likeness (QED) is 0.860. The van der Waals surface area contributed by atoms with Gasteiger partial charge in [-0.2, -0.15) is 0 Å². The maximum atomic E-state index is 11.7. The Balaban J connectivity index is 1.94. The summed E-state index contributed by atoms with van der Waals surface area (Å²) >= 11 is 1.43. The first-order valence-corrected chi connectivity index (χ1v) is 7.23. The predicted molar refractivity (Wildman–Crippen MR) is 78.9 cm³/mol. The fourth-order valence-electron chi connectivity index (χ4n) is 1.72. The largest absolute Gasteiger partial charge is 0.466 e. The number of aromatic nitrogens is 1. The fourth-order valence-corrected chi connectivity index (χ4v) is 2.70.